The number of nitriles is 1. The van der Waals surface area contributed by atoms with E-state index in [-0.39, 0.29) is 10.6 Å². The van der Waals surface area contributed by atoms with Gasteiger partial charge in [-0.1, -0.05) is 18.2 Å². The fourth-order valence-corrected chi connectivity index (χ4v) is 3.58. The van der Waals surface area contributed by atoms with E-state index < -0.39 is 0 Å². The highest BCUT2D eigenvalue weighted by Gasteiger charge is 2.21. The minimum atomic E-state index is -0.353. The summed E-state index contributed by atoms with van der Waals surface area (Å²) in [4.78, 5) is 20.9. The number of H-pyrrole nitrogens is 1. The second-order valence-corrected chi connectivity index (χ2v) is 6.83. The number of nitrogens with one attached hydrogen (secondary N) is 1. The number of allylic oxidation sites excluding steroid dienone is 1. The van der Waals surface area contributed by atoms with Gasteiger partial charge in [0.05, 0.1) is 21.5 Å². The molecule has 7 nitrogen and oxygen atoms in total. The number of aromatic amines is 1. The molecule has 3 aromatic rings. The monoisotopic (exact) mass is 373 g/mol. The van der Waals surface area contributed by atoms with Gasteiger partial charge in [0.15, 0.2) is 0 Å². The minimum Gasteiger partial charge on any atom is -0.366 e. The summed E-state index contributed by atoms with van der Waals surface area (Å²) in [5.74, 6) is 0.450. The number of nitro groups is 1. The van der Waals surface area contributed by atoms with Crippen LogP contribution in [0.5, 0.6) is 0 Å². The number of anilines is 1. The molecule has 2 heterocycles. The molecule has 0 spiro atoms. The predicted molar refractivity (Wildman–Crippen MR) is 109 cm³/mol. The Hall–Kier alpha value is -3.66. The van der Waals surface area contributed by atoms with Gasteiger partial charge in [0, 0.05) is 19.2 Å². The number of nitrogens with zero attached hydrogens (tertiary/aromatic N) is 4. The number of fused-ring (bicyclic) bond motifs is 1. The van der Waals surface area contributed by atoms with E-state index in [0.29, 0.717) is 22.6 Å². The Labute approximate surface area is 162 Å². The summed E-state index contributed by atoms with van der Waals surface area (Å²) in [5, 5.41) is 21.2. The van der Waals surface area contributed by atoms with Gasteiger partial charge in [-0.3, -0.25) is 10.1 Å². The molecular weight excluding hydrogens is 354 g/mol. The average Bonchev–Trinajstić information content (AvgIpc) is 3.16. The number of hydrogen-bond acceptors (Lipinski definition) is 5. The molecule has 140 valence electrons. The summed E-state index contributed by atoms with van der Waals surface area (Å²) in [6, 6.07) is 14.8. The van der Waals surface area contributed by atoms with Crippen molar-refractivity contribution in [1.29, 1.82) is 5.26 Å². The van der Waals surface area contributed by atoms with Crippen LogP contribution >= 0.6 is 0 Å². The van der Waals surface area contributed by atoms with Gasteiger partial charge in [0.2, 0.25) is 0 Å². The zero-order chi connectivity index (χ0) is 19.5. The third kappa shape index (κ3) is 3.45. The first-order valence-electron chi connectivity index (χ1n) is 9.26. The zero-order valence-corrected chi connectivity index (χ0v) is 15.3. The molecule has 7 heteroatoms. The van der Waals surface area contributed by atoms with Crippen LogP contribution in [0.15, 0.2) is 42.5 Å². The maximum Gasteiger partial charge on any atom is 0.293 e. The second-order valence-electron chi connectivity index (χ2n) is 6.83. The average molecular weight is 373 g/mol. The number of hydrogen-bond donors (Lipinski definition) is 1. The molecule has 4 rings (SSSR count). The summed E-state index contributed by atoms with van der Waals surface area (Å²) >= 11 is 0. The van der Waals surface area contributed by atoms with Crippen LogP contribution in [-0.2, 0) is 0 Å². The van der Waals surface area contributed by atoms with Crippen molar-refractivity contribution < 1.29 is 4.92 Å². The molecule has 0 bridgehead atoms. The quantitative estimate of drug-likeness (QED) is 0.412. The summed E-state index contributed by atoms with van der Waals surface area (Å²) in [5.41, 5.74) is 3.25. The Morgan fingerprint density at radius 2 is 2.00 bits per heavy atom. The van der Waals surface area contributed by atoms with E-state index in [2.05, 4.69) is 20.9 Å². The fourth-order valence-electron chi connectivity index (χ4n) is 3.58. The Kier molecular flexibility index (Phi) is 4.77. The normalized spacial score (nSPS) is 14.8. The molecule has 1 aliphatic heterocycles. The second kappa shape index (κ2) is 7.53. The molecule has 1 saturated heterocycles. The highest BCUT2D eigenvalue weighted by molar-refractivity contribution is 5.90. The third-order valence-electron chi connectivity index (χ3n) is 4.97. The van der Waals surface area contributed by atoms with Crippen molar-refractivity contribution in [2.75, 3.05) is 18.0 Å². The first kappa shape index (κ1) is 17.7. The van der Waals surface area contributed by atoms with Crippen LogP contribution in [0.1, 0.15) is 30.7 Å². The highest BCUT2D eigenvalue weighted by Crippen LogP contribution is 2.32. The SMILES string of the molecule is N#CC(=Cc1ccc(N2CCCCC2)c([N+](=O)[O-])c1)c1nc2ccccc2[nH]1. The van der Waals surface area contributed by atoms with Gasteiger partial charge in [0.25, 0.3) is 5.69 Å². The van der Waals surface area contributed by atoms with Crippen LogP contribution in [0.25, 0.3) is 22.7 Å². The zero-order valence-electron chi connectivity index (χ0n) is 15.3. The maximum absolute atomic E-state index is 11.6. The number of piperidine rings is 1. The maximum atomic E-state index is 11.6. The molecule has 0 radical (unpaired) electrons. The van der Waals surface area contributed by atoms with Crippen molar-refractivity contribution in [2.24, 2.45) is 0 Å². The number of para-hydroxylation sites is 2. The van der Waals surface area contributed by atoms with E-state index in [1.165, 1.54) is 6.07 Å². The number of benzene rings is 2. The third-order valence-corrected chi connectivity index (χ3v) is 4.97. The molecule has 2 aromatic carbocycles. The lowest BCUT2D eigenvalue weighted by atomic mass is 10.1. The van der Waals surface area contributed by atoms with Gasteiger partial charge in [-0.2, -0.15) is 5.26 Å². The topological polar surface area (TPSA) is 98.8 Å². The van der Waals surface area contributed by atoms with E-state index >= 15 is 0 Å². The van der Waals surface area contributed by atoms with Gasteiger partial charge >= 0.3 is 0 Å². The van der Waals surface area contributed by atoms with E-state index in [0.717, 1.165) is 43.4 Å². The number of nitro benzene ring substituents is 1. The number of aromatic nitrogens is 2. The lowest BCUT2D eigenvalue weighted by Gasteiger charge is -2.28. The first-order chi connectivity index (χ1) is 13.7. The van der Waals surface area contributed by atoms with Gasteiger partial charge in [0.1, 0.15) is 17.6 Å². The largest absolute Gasteiger partial charge is 0.366 e. The molecule has 0 aliphatic carbocycles. The van der Waals surface area contributed by atoms with E-state index in [9.17, 15) is 15.4 Å². The minimum absolute atomic E-state index is 0.0672. The molecular formula is C21H19N5O2. The van der Waals surface area contributed by atoms with Crippen molar-refractivity contribution in [3.8, 4) is 6.07 Å². The molecule has 1 N–H and O–H groups in total. The number of rotatable bonds is 4. The predicted octanol–water partition coefficient (Wildman–Crippen LogP) is 4.53. The van der Waals surface area contributed by atoms with Crippen LogP contribution in [-0.4, -0.2) is 28.0 Å². The molecule has 0 saturated carbocycles. The van der Waals surface area contributed by atoms with Crippen LogP contribution in [0.4, 0.5) is 11.4 Å². The first-order valence-corrected chi connectivity index (χ1v) is 9.26. The molecule has 28 heavy (non-hydrogen) atoms. The van der Waals surface area contributed by atoms with Crippen LogP contribution in [0.3, 0.4) is 0 Å². The molecule has 0 amide bonds. The molecule has 1 aliphatic rings. The van der Waals surface area contributed by atoms with Crippen LogP contribution < -0.4 is 4.90 Å². The molecule has 1 fully saturated rings. The van der Waals surface area contributed by atoms with E-state index in [4.69, 9.17) is 0 Å². The lowest BCUT2D eigenvalue weighted by Crippen LogP contribution is -2.29. The summed E-state index contributed by atoms with van der Waals surface area (Å²) in [6.45, 7) is 1.66. The van der Waals surface area contributed by atoms with Gasteiger partial charge < -0.3 is 9.88 Å². The Morgan fingerprint density at radius 3 is 2.71 bits per heavy atom. The summed E-state index contributed by atoms with van der Waals surface area (Å²) < 4.78 is 0. The van der Waals surface area contributed by atoms with Crippen molar-refractivity contribution in [2.45, 2.75) is 19.3 Å². The van der Waals surface area contributed by atoms with Gasteiger partial charge in [-0.05, 0) is 49.1 Å². The van der Waals surface area contributed by atoms with Crippen molar-refractivity contribution in [3.63, 3.8) is 0 Å². The molecule has 1 aromatic heterocycles. The highest BCUT2D eigenvalue weighted by atomic mass is 16.6. The van der Waals surface area contributed by atoms with Crippen molar-refractivity contribution in [3.05, 3.63) is 64.0 Å². The molecule has 0 unspecified atom stereocenters. The Balaban J connectivity index is 1.72. The molecule has 0 atom stereocenters. The van der Waals surface area contributed by atoms with Crippen molar-refractivity contribution in [1.82, 2.24) is 9.97 Å². The van der Waals surface area contributed by atoms with Crippen LogP contribution in [0, 0.1) is 21.4 Å². The van der Waals surface area contributed by atoms with E-state index in [1.54, 1.807) is 12.1 Å². The van der Waals surface area contributed by atoms with Crippen LogP contribution in [0.2, 0.25) is 0 Å². The smallest absolute Gasteiger partial charge is 0.293 e. The van der Waals surface area contributed by atoms with Gasteiger partial charge in [-0.15, -0.1) is 0 Å². The van der Waals surface area contributed by atoms with Gasteiger partial charge in [-0.25, -0.2) is 4.98 Å². The summed E-state index contributed by atoms with van der Waals surface area (Å²) in [7, 11) is 0. The summed E-state index contributed by atoms with van der Waals surface area (Å²) in [6.07, 6.45) is 4.88. The van der Waals surface area contributed by atoms with E-state index in [1.807, 2.05) is 30.3 Å². The fraction of sp³-hybridized carbons (Fsp3) is 0.238. The number of imidazole rings is 1. The van der Waals surface area contributed by atoms with Crippen molar-refractivity contribution >= 4 is 34.1 Å². The lowest BCUT2D eigenvalue weighted by molar-refractivity contribution is -0.384. The standard InChI is InChI=1S/C21H19N5O2/c22-14-16(21-23-17-6-2-3-7-18(17)24-21)12-15-8-9-19(20(13-15)26(27)28)25-10-4-1-5-11-25/h2-3,6-9,12-13H,1,4-5,10-11H2,(H,23,24). The Bertz CT molecular complexity index is 1070. The Morgan fingerprint density at radius 1 is 1.21 bits per heavy atom.